The number of carboxylic acid groups (broad SMARTS) is 1. The topological polar surface area (TPSA) is 120 Å². The minimum atomic E-state index is -1.03. The molecule has 0 aliphatic carbocycles. The number of aromatic carboxylic acids is 1. The lowest BCUT2D eigenvalue weighted by Gasteiger charge is -2.20. The van der Waals surface area contributed by atoms with E-state index in [0.717, 1.165) is 11.1 Å². The van der Waals surface area contributed by atoms with Gasteiger partial charge in [-0.2, -0.15) is 5.26 Å². The van der Waals surface area contributed by atoms with Crippen LogP contribution in [0.3, 0.4) is 0 Å². The molecule has 0 saturated carbocycles. The van der Waals surface area contributed by atoms with Crippen molar-refractivity contribution < 1.29 is 9.90 Å². The van der Waals surface area contributed by atoms with E-state index in [0.29, 0.717) is 28.2 Å². The zero-order valence-electron chi connectivity index (χ0n) is 18.3. The van der Waals surface area contributed by atoms with Gasteiger partial charge in [0, 0.05) is 34.8 Å². The van der Waals surface area contributed by atoms with Gasteiger partial charge < -0.3 is 10.4 Å². The molecule has 0 bridgehead atoms. The number of anilines is 1. The van der Waals surface area contributed by atoms with Crippen LogP contribution in [-0.4, -0.2) is 25.4 Å². The Morgan fingerprint density at radius 2 is 1.97 bits per heavy atom. The summed E-state index contributed by atoms with van der Waals surface area (Å²) < 4.78 is 1.52. The van der Waals surface area contributed by atoms with Crippen molar-refractivity contribution in [1.29, 1.82) is 5.26 Å². The van der Waals surface area contributed by atoms with E-state index in [9.17, 15) is 14.7 Å². The molecular formula is C25H21N5O3. The summed E-state index contributed by atoms with van der Waals surface area (Å²) in [5, 5.41) is 21.8. The zero-order valence-corrected chi connectivity index (χ0v) is 18.3. The van der Waals surface area contributed by atoms with E-state index in [2.05, 4.69) is 10.3 Å². The Morgan fingerprint density at radius 1 is 1.21 bits per heavy atom. The number of nitriles is 1. The number of aryl methyl sites for hydroxylation is 1. The monoisotopic (exact) mass is 439 g/mol. The smallest absolute Gasteiger partial charge is 0.337 e. The van der Waals surface area contributed by atoms with Crippen LogP contribution in [-0.2, 0) is 0 Å². The first-order valence-electron chi connectivity index (χ1n) is 10.3. The van der Waals surface area contributed by atoms with Gasteiger partial charge in [0.2, 0.25) is 0 Å². The highest BCUT2D eigenvalue weighted by molar-refractivity contribution is 5.94. The average Bonchev–Trinajstić information content (AvgIpc) is 2.81. The summed E-state index contributed by atoms with van der Waals surface area (Å²) in [6.45, 7) is 5.49. The minimum Gasteiger partial charge on any atom is -0.478 e. The van der Waals surface area contributed by atoms with Crippen LogP contribution in [0.25, 0.3) is 16.9 Å². The van der Waals surface area contributed by atoms with Gasteiger partial charge in [0.1, 0.15) is 17.4 Å². The summed E-state index contributed by atoms with van der Waals surface area (Å²) in [4.78, 5) is 33.7. The fourth-order valence-corrected chi connectivity index (χ4v) is 3.80. The fraction of sp³-hybridized carbons (Fsp3) is 0.160. The third-order valence-corrected chi connectivity index (χ3v) is 5.46. The number of para-hydroxylation sites is 1. The molecule has 1 aromatic carbocycles. The van der Waals surface area contributed by atoms with E-state index in [4.69, 9.17) is 10.2 Å². The average molecular weight is 439 g/mol. The first-order chi connectivity index (χ1) is 15.8. The van der Waals surface area contributed by atoms with Crippen molar-refractivity contribution in [2.24, 2.45) is 0 Å². The number of hydrogen-bond donors (Lipinski definition) is 2. The molecular weight excluding hydrogens is 418 g/mol. The Morgan fingerprint density at radius 3 is 2.64 bits per heavy atom. The van der Waals surface area contributed by atoms with Crippen molar-refractivity contribution in [2.75, 3.05) is 5.32 Å². The molecule has 33 heavy (non-hydrogen) atoms. The number of pyridine rings is 2. The molecule has 4 rings (SSSR count). The quantitative estimate of drug-likeness (QED) is 0.480. The van der Waals surface area contributed by atoms with E-state index >= 15 is 0 Å². The van der Waals surface area contributed by atoms with Crippen molar-refractivity contribution in [3.63, 3.8) is 0 Å². The van der Waals surface area contributed by atoms with Crippen molar-refractivity contribution in [3.8, 4) is 17.3 Å². The fourth-order valence-electron chi connectivity index (χ4n) is 3.80. The molecule has 1 atom stereocenters. The van der Waals surface area contributed by atoms with Gasteiger partial charge in [0.25, 0.3) is 5.56 Å². The maximum absolute atomic E-state index is 13.2. The van der Waals surface area contributed by atoms with Crippen molar-refractivity contribution in [3.05, 3.63) is 93.2 Å². The lowest BCUT2D eigenvalue weighted by molar-refractivity contribution is 0.0698. The molecule has 0 aliphatic heterocycles. The zero-order chi connectivity index (χ0) is 23.7. The van der Waals surface area contributed by atoms with E-state index in [1.807, 2.05) is 26.0 Å². The second-order valence-electron chi connectivity index (χ2n) is 7.82. The summed E-state index contributed by atoms with van der Waals surface area (Å²) in [6, 6.07) is 13.5. The highest BCUT2D eigenvalue weighted by Gasteiger charge is 2.19. The van der Waals surface area contributed by atoms with Crippen LogP contribution in [0.15, 0.2) is 59.7 Å². The van der Waals surface area contributed by atoms with Crippen LogP contribution < -0.4 is 10.9 Å². The van der Waals surface area contributed by atoms with Crippen molar-refractivity contribution in [1.82, 2.24) is 14.4 Å². The Kier molecular flexibility index (Phi) is 5.63. The van der Waals surface area contributed by atoms with Crippen LogP contribution in [0, 0.1) is 25.2 Å². The normalized spacial score (nSPS) is 11.7. The van der Waals surface area contributed by atoms with E-state index < -0.39 is 5.97 Å². The number of rotatable bonds is 5. The number of carbonyl (C=O) groups is 1. The molecule has 3 heterocycles. The SMILES string of the molecule is Cc1cc([C@@H](C)Nc2ccccc2C(=O)O)c2nc(-c3ccc(C#N)nc3)c(C)c(=O)n2c1. The maximum atomic E-state index is 13.2. The molecule has 2 N–H and O–H groups in total. The van der Waals surface area contributed by atoms with Crippen LogP contribution in [0.4, 0.5) is 5.69 Å². The summed E-state index contributed by atoms with van der Waals surface area (Å²) in [5.74, 6) is -1.03. The molecule has 0 unspecified atom stereocenters. The Balaban J connectivity index is 1.88. The van der Waals surface area contributed by atoms with Crippen LogP contribution in [0.2, 0.25) is 0 Å². The first-order valence-corrected chi connectivity index (χ1v) is 10.3. The van der Waals surface area contributed by atoms with Gasteiger partial charge >= 0.3 is 5.97 Å². The van der Waals surface area contributed by atoms with Gasteiger partial charge in [-0.25, -0.2) is 14.8 Å². The highest BCUT2D eigenvalue weighted by Crippen LogP contribution is 2.27. The van der Waals surface area contributed by atoms with Crippen LogP contribution in [0.1, 0.15) is 45.7 Å². The van der Waals surface area contributed by atoms with Crippen LogP contribution in [0.5, 0.6) is 0 Å². The minimum absolute atomic E-state index is 0.159. The number of hydrogen-bond acceptors (Lipinski definition) is 6. The molecule has 3 aromatic heterocycles. The van der Waals surface area contributed by atoms with Gasteiger partial charge in [-0.1, -0.05) is 12.1 Å². The molecule has 0 spiro atoms. The molecule has 0 radical (unpaired) electrons. The van der Waals surface area contributed by atoms with Crippen molar-refractivity contribution >= 4 is 17.3 Å². The van der Waals surface area contributed by atoms with E-state index in [1.165, 1.54) is 16.7 Å². The summed E-state index contributed by atoms with van der Waals surface area (Å²) >= 11 is 0. The second kappa shape index (κ2) is 8.55. The van der Waals surface area contributed by atoms with Gasteiger partial charge in [-0.15, -0.1) is 0 Å². The molecule has 164 valence electrons. The molecule has 0 amide bonds. The predicted octanol–water partition coefficient (Wildman–Crippen LogP) is 4.12. The maximum Gasteiger partial charge on any atom is 0.337 e. The van der Waals surface area contributed by atoms with Gasteiger partial charge in [-0.3, -0.25) is 9.20 Å². The molecule has 0 saturated heterocycles. The van der Waals surface area contributed by atoms with E-state index in [1.54, 1.807) is 43.5 Å². The van der Waals surface area contributed by atoms with Gasteiger partial charge in [0.15, 0.2) is 0 Å². The Bertz CT molecular complexity index is 1480. The number of nitrogens with zero attached hydrogens (tertiary/aromatic N) is 4. The third kappa shape index (κ3) is 4.04. The summed E-state index contributed by atoms with van der Waals surface area (Å²) in [7, 11) is 0. The Hall–Kier alpha value is -4.51. The molecule has 8 nitrogen and oxygen atoms in total. The van der Waals surface area contributed by atoms with Crippen molar-refractivity contribution in [2.45, 2.75) is 26.8 Å². The third-order valence-electron chi connectivity index (χ3n) is 5.46. The first kappa shape index (κ1) is 21.7. The van der Waals surface area contributed by atoms with Gasteiger partial charge in [-0.05, 0) is 56.7 Å². The summed E-state index contributed by atoms with van der Waals surface area (Å²) in [6.07, 6.45) is 3.27. The van der Waals surface area contributed by atoms with E-state index in [-0.39, 0.29) is 22.9 Å². The molecule has 0 aliphatic rings. The predicted molar refractivity (Wildman–Crippen MR) is 124 cm³/mol. The number of nitrogens with one attached hydrogen (secondary N) is 1. The Labute approximate surface area is 189 Å². The second-order valence-corrected chi connectivity index (χ2v) is 7.82. The summed E-state index contributed by atoms with van der Waals surface area (Å²) in [5.41, 5.74) is 4.37. The largest absolute Gasteiger partial charge is 0.478 e. The van der Waals surface area contributed by atoms with Gasteiger partial charge in [0.05, 0.1) is 17.3 Å². The number of carboxylic acids is 1. The number of aromatic nitrogens is 3. The molecule has 8 heteroatoms. The lowest BCUT2D eigenvalue weighted by atomic mass is 10.0. The molecule has 4 aromatic rings. The number of fused-ring (bicyclic) bond motifs is 1. The highest BCUT2D eigenvalue weighted by atomic mass is 16.4. The number of benzene rings is 1. The lowest BCUT2D eigenvalue weighted by Crippen LogP contribution is -2.22. The molecule has 0 fully saturated rings. The standard InChI is InChI=1S/C25H21N5O3/c1-14-10-20(16(3)28-21-7-5-4-6-19(21)25(32)33)23-29-22(15(2)24(31)30(23)13-14)17-8-9-18(11-26)27-12-17/h4-10,12-13,16,28H,1-3H3,(H,32,33)/t16-/m1/s1. The van der Waals surface area contributed by atoms with Crippen LogP contribution >= 0.6 is 0 Å².